The van der Waals surface area contributed by atoms with Crippen molar-refractivity contribution in [2.24, 2.45) is 11.1 Å². The zero-order chi connectivity index (χ0) is 14.4. The fourth-order valence-electron chi connectivity index (χ4n) is 1.28. The summed E-state index contributed by atoms with van der Waals surface area (Å²) in [6.07, 6.45) is -0.656. The first-order chi connectivity index (χ1) is 8.90. The third kappa shape index (κ3) is 5.30. The number of nitrogens with zero attached hydrogens (tertiary/aromatic N) is 1. The van der Waals surface area contributed by atoms with Crippen LogP contribution >= 0.6 is 11.6 Å². The molecule has 1 amide bonds. The van der Waals surface area contributed by atoms with Crippen LogP contribution < -0.4 is 5.32 Å². The molecule has 0 aliphatic carbocycles. The number of benzene rings is 1. The van der Waals surface area contributed by atoms with Crippen LogP contribution in [0.1, 0.15) is 39.2 Å². The van der Waals surface area contributed by atoms with Gasteiger partial charge in [0.05, 0.1) is 0 Å². The molecule has 1 aromatic carbocycles. The number of nitrogens with one attached hydrogen (secondary N) is 1. The van der Waals surface area contributed by atoms with Crippen molar-refractivity contribution >= 4 is 28.6 Å². The van der Waals surface area contributed by atoms with Gasteiger partial charge in [0.2, 0.25) is 0 Å². The largest absolute Gasteiger partial charge is 0.437 e. The highest BCUT2D eigenvalue weighted by molar-refractivity contribution is 6.65. The normalized spacial score (nSPS) is 11.8. The van der Waals surface area contributed by atoms with Crippen LogP contribution in [-0.2, 0) is 4.84 Å². The van der Waals surface area contributed by atoms with Gasteiger partial charge in [-0.25, -0.2) is 4.79 Å². The van der Waals surface area contributed by atoms with E-state index in [2.05, 4.69) is 29.2 Å². The summed E-state index contributed by atoms with van der Waals surface area (Å²) in [5, 5.41) is 6.37. The van der Waals surface area contributed by atoms with Gasteiger partial charge in [-0.15, -0.1) is 0 Å². The molecule has 0 bridgehead atoms. The molecule has 5 heteroatoms. The molecule has 0 saturated heterocycles. The number of carbonyl (C=O) groups is 1. The minimum Gasteiger partial charge on any atom is -0.297 e. The molecule has 0 fully saturated rings. The Morgan fingerprint density at radius 2 is 1.79 bits per heavy atom. The molecule has 0 spiro atoms. The highest BCUT2D eigenvalue weighted by Crippen LogP contribution is 2.17. The van der Waals surface area contributed by atoms with E-state index in [1.807, 2.05) is 38.1 Å². The van der Waals surface area contributed by atoms with E-state index >= 15 is 0 Å². The van der Waals surface area contributed by atoms with Crippen molar-refractivity contribution in [2.45, 2.75) is 33.6 Å². The van der Waals surface area contributed by atoms with Crippen LogP contribution in [0.2, 0.25) is 0 Å². The summed E-state index contributed by atoms with van der Waals surface area (Å²) in [6, 6.07) is 7.57. The number of oxime groups is 1. The average molecular weight is 283 g/mol. The van der Waals surface area contributed by atoms with Crippen molar-refractivity contribution < 1.29 is 9.63 Å². The summed E-state index contributed by atoms with van der Waals surface area (Å²) in [7, 11) is 0. The molecule has 1 N–H and O–H groups in total. The summed E-state index contributed by atoms with van der Waals surface area (Å²) in [4.78, 5) is 16.1. The summed E-state index contributed by atoms with van der Waals surface area (Å²) >= 11 is 5.76. The molecular formula is C14H19ClN2O2. The number of anilines is 1. The lowest BCUT2D eigenvalue weighted by atomic mass is 10.0. The quantitative estimate of drug-likeness (QED) is 0.500. The molecule has 1 aromatic rings. The van der Waals surface area contributed by atoms with Gasteiger partial charge in [0.25, 0.3) is 0 Å². The monoisotopic (exact) mass is 282 g/mol. The molecule has 19 heavy (non-hydrogen) atoms. The molecule has 0 atom stereocenters. The van der Waals surface area contributed by atoms with Crippen molar-refractivity contribution in [2.75, 3.05) is 5.32 Å². The van der Waals surface area contributed by atoms with Gasteiger partial charge in [-0.05, 0) is 23.6 Å². The van der Waals surface area contributed by atoms with E-state index in [0.29, 0.717) is 11.6 Å². The lowest BCUT2D eigenvalue weighted by Crippen LogP contribution is -2.12. The van der Waals surface area contributed by atoms with Crippen LogP contribution in [0.15, 0.2) is 29.4 Å². The maximum Gasteiger partial charge on any atom is 0.437 e. The summed E-state index contributed by atoms with van der Waals surface area (Å²) in [6.45, 7) is 7.94. The maximum atomic E-state index is 11.5. The lowest BCUT2D eigenvalue weighted by Gasteiger charge is -2.07. The standard InChI is InChI=1S/C14H19ClN2O2/c1-9(2)11-5-7-12(8-6-11)16-14(18)19-17-13(15)10(3)4/h5-10H,1-4H3,(H,16,18)/b17-13-. The molecule has 0 unspecified atom stereocenters. The van der Waals surface area contributed by atoms with Crippen molar-refractivity contribution in [3.05, 3.63) is 29.8 Å². The first-order valence-corrected chi connectivity index (χ1v) is 6.59. The Morgan fingerprint density at radius 1 is 1.21 bits per heavy atom. The first kappa shape index (κ1) is 15.5. The maximum absolute atomic E-state index is 11.5. The Bertz CT molecular complexity index is 453. The highest BCUT2D eigenvalue weighted by atomic mass is 35.5. The van der Waals surface area contributed by atoms with Crippen LogP contribution in [0.4, 0.5) is 10.5 Å². The fraction of sp³-hybridized carbons (Fsp3) is 0.429. The van der Waals surface area contributed by atoms with E-state index in [1.165, 1.54) is 5.56 Å². The molecule has 0 aromatic heterocycles. The Hall–Kier alpha value is -1.55. The van der Waals surface area contributed by atoms with E-state index in [-0.39, 0.29) is 11.1 Å². The van der Waals surface area contributed by atoms with Crippen LogP contribution in [0.3, 0.4) is 0 Å². The third-order valence-corrected chi connectivity index (χ3v) is 3.02. The van der Waals surface area contributed by atoms with Gasteiger partial charge in [-0.2, -0.15) is 0 Å². The van der Waals surface area contributed by atoms with Crippen molar-refractivity contribution in [1.82, 2.24) is 0 Å². The second-order valence-electron chi connectivity index (χ2n) is 4.85. The van der Waals surface area contributed by atoms with Gasteiger partial charge in [0.1, 0.15) is 5.17 Å². The number of hydrogen-bond acceptors (Lipinski definition) is 3. The number of carbonyl (C=O) groups excluding carboxylic acids is 1. The van der Waals surface area contributed by atoms with Gasteiger partial charge in [-0.3, -0.25) is 10.2 Å². The fourth-order valence-corrected chi connectivity index (χ4v) is 1.32. The van der Waals surface area contributed by atoms with E-state index in [0.717, 1.165) is 0 Å². The van der Waals surface area contributed by atoms with Crippen molar-refractivity contribution in [1.29, 1.82) is 0 Å². The molecular weight excluding hydrogens is 264 g/mol. The summed E-state index contributed by atoms with van der Waals surface area (Å²) < 4.78 is 0. The van der Waals surface area contributed by atoms with E-state index in [1.54, 1.807) is 0 Å². The molecule has 0 saturated carbocycles. The minimum atomic E-state index is -0.656. The molecule has 1 rings (SSSR count). The van der Waals surface area contributed by atoms with E-state index in [4.69, 9.17) is 11.6 Å². The van der Waals surface area contributed by atoms with Gasteiger partial charge in [-0.1, -0.05) is 56.6 Å². The number of halogens is 1. The molecule has 0 aliphatic rings. The molecule has 0 heterocycles. The predicted molar refractivity (Wildman–Crippen MR) is 78.8 cm³/mol. The second-order valence-corrected chi connectivity index (χ2v) is 5.24. The van der Waals surface area contributed by atoms with Crippen molar-refractivity contribution in [3.63, 3.8) is 0 Å². The Morgan fingerprint density at radius 3 is 2.26 bits per heavy atom. The van der Waals surface area contributed by atoms with Gasteiger partial charge in [0.15, 0.2) is 0 Å². The first-order valence-electron chi connectivity index (χ1n) is 6.21. The smallest absolute Gasteiger partial charge is 0.297 e. The van der Waals surface area contributed by atoms with Crippen molar-refractivity contribution in [3.8, 4) is 0 Å². The predicted octanol–water partition coefficient (Wildman–Crippen LogP) is 4.57. The van der Waals surface area contributed by atoms with E-state index < -0.39 is 6.09 Å². The van der Waals surface area contributed by atoms with Crippen LogP contribution in [0, 0.1) is 5.92 Å². The second kappa shape index (κ2) is 7.14. The van der Waals surface area contributed by atoms with Crippen LogP contribution in [0.5, 0.6) is 0 Å². The highest BCUT2D eigenvalue weighted by Gasteiger charge is 2.06. The van der Waals surface area contributed by atoms with E-state index in [9.17, 15) is 4.79 Å². The summed E-state index contributed by atoms with van der Waals surface area (Å²) in [5.41, 5.74) is 1.87. The SMILES string of the molecule is CC(C)/C(Cl)=N/OC(=O)Nc1ccc(C(C)C)cc1. The van der Waals surface area contributed by atoms with Gasteiger partial charge >= 0.3 is 6.09 Å². The molecule has 0 aliphatic heterocycles. The third-order valence-electron chi connectivity index (χ3n) is 2.52. The number of rotatable bonds is 4. The molecule has 104 valence electrons. The van der Waals surface area contributed by atoms with Crippen LogP contribution in [-0.4, -0.2) is 11.3 Å². The molecule has 4 nitrogen and oxygen atoms in total. The number of amides is 1. The Balaban J connectivity index is 2.55. The van der Waals surface area contributed by atoms with Gasteiger partial charge in [0, 0.05) is 11.6 Å². The summed E-state index contributed by atoms with van der Waals surface area (Å²) in [5.74, 6) is 0.482. The average Bonchev–Trinajstić information content (AvgIpc) is 2.36. The Labute approximate surface area is 118 Å². The number of hydrogen-bond donors (Lipinski definition) is 1. The topological polar surface area (TPSA) is 50.7 Å². The zero-order valence-electron chi connectivity index (χ0n) is 11.6. The van der Waals surface area contributed by atoms with Crippen LogP contribution in [0.25, 0.3) is 0 Å². The van der Waals surface area contributed by atoms with Gasteiger partial charge < -0.3 is 0 Å². The Kier molecular flexibility index (Phi) is 5.83. The lowest BCUT2D eigenvalue weighted by molar-refractivity contribution is 0.166. The minimum absolute atomic E-state index is 0.0276. The molecule has 0 radical (unpaired) electrons. The zero-order valence-corrected chi connectivity index (χ0v) is 12.4.